The zero-order valence-electron chi connectivity index (χ0n) is 11.3. The van der Waals surface area contributed by atoms with Gasteiger partial charge in [0.15, 0.2) is 0 Å². The van der Waals surface area contributed by atoms with E-state index in [9.17, 15) is 9.90 Å². The van der Waals surface area contributed by atoms with E-state index in [4.69, 9.17) is 0 Å². The van der Waals surface area contributed by atoms with Crippen LogP contribution < -0.4 is 0 Å². The molecule has 0 spiro atoms. The number of benzene rings is 1. The number of nitrogens with zero attached hydrogens (tertiary/aromatic N) is 2. The number of pyridine rings is 1. The average Bonchev–Trinajstić information content (AvgIpc) is 2.38. The van der Waals surface area contributed by atoms with Gasteiger partial charge in [0.25, 0.3) is 5.91 Å². The van der Waals surface area contributed by atoms with E-state index in [1.807, 2.05) is 25.1 Å². The number of aromatic nitrogens is 1. The molecule has 2 rings (SSSR count). The molecule has 1 heterocycles. The van der Waals surface area contributed by atoms with Crippen LogP contribution in [0.1, 0.15) is 21.7 Å². The Balaban J connectivity index is 2.16. The van der Waals surface area contributed by atoms with Crippen LogP contribution in [0.25, 0.3) is 0 Å². The monoisotopic (exact) mass is 334 g/mol. The molecule has 0 aliphatic heterocycles. The highest BCUT2D eigenvalue weighted by molar-refractivity contribution is 9.10. The third-order valence-electron chi connectivity index (χ3n) is 2.88. The minimum absolute atomic E-state index is 0.0339. The van der Waals surface area contributed by atoms with Gasteiger partial charge >= 0.3 is 0 Å². The third-order valence-corrected chi connectivity index (χ3v) is 3.38. The van der Waals surface area contributed by atoms with Crippen molar-refractivity contribution in [1.29, 1.82) is 0 Å². The SMILES string of the molecule is Cc1cccc(CN(C)C(=O)c2ccc(Br)cc2O)n1. The van der Waals surface area contributed by atoms with Gasteiger partial charge in [-0.2, -0.15) is 0 Å². The van der Waals surface area contributed by atoms with Crippen molar-refractivity contribution in [3.63, 3.8) is 0 Å². The van der Waals surface area contributed by atoms with Crippen molar-refractivity contribution in [3.8, 4) is 5.75 Å². The summed E-state index contributed by atoms with van der Waals surface area (Å²) in [6.07, 6.45) is 0. The Bertz CT molecular complexity index is 644. The summed E-state index contributed by atoms with van der Waals surface area (Å²) in [4.78, 5) is 18.2. The lowest BCUT2D eigenvalue weighted by Gasteiger charge is -2.17. The second-order valence-electron chi connectivity index (χ2n) is 4.59. The molecule has 0 saturated carbocycles. The number of amides is 1. The smallest absolute Gasteiger partial charge is 0.257 e. The number of hydrogen-bond acceptors (Lipinski definition) is 3. The molecule has 0 fully saturated rings. The number of phenols is 1. The lowest BCUT2D eigenvalue weighted by Crippen LogP contribution is -2.26. The Kier molecular flexibility index (Phi) is 4.39. The van der Waals surface area contributed by atoms with Crippen molar-refractivity contribution >= 4 is 21.8 Å². The number of carbonyl (C=O) groups excluding carboxylic acids is 1. The van der Waals surface area contributed by atoms with Crippen molar-refractivity contribution in [1.82, 2.24) is 9.88 Å². The van der Waals surface area contributed by atoms with E-state index in [0.717, 1.165) is 15.9 Å². The first-order chi connectivity index (χ1) is 9.47. The first-order valence-corrected chi connectivity index (χ1v) is 6.93. The predicted octanol–water partition coefficient (Wildman–Crippen LogP) is 3.13. The Morgan fingerprint density at radius 2 is 2.10 bits per heavy atom. The van der Waals surface area contributed by atoms with Gasteiger partial charge in [-0.15, -0.1) is 0 Å². The van der Waals surface area contributed by atoms with Gasteiger partial charge in [0.2, 0.25) is 0 Å². The molecule has 1 amide bonds. The van der Waals surface area contributed by atoms with Gasteiger partial charge in [-0.1, -0.05) is 22.0 Å². The zero-order chi connectivity index (χ0) is 14.7. The molecule has 0 radical (unpaired) electrons. The molecule has 20 heavy (non-hydrogen) atoms. The Labute approximate surface area is 126 Å². The maximum Gasteiger partial charge on any atom is 0.257 e. The van der Waals surface area contributed by atoms with Crippen molar-refractivity contribution < 1.29 is 9.90 Å². The summed E-state index contributed by atoms with van der Waals surface area (Å²) < 4.78 is 0.731. The van der Waals surface area contributed by atoms with Crippen LogP contribution in [0.5, 0.6) is 5.75 Å². The Morgan fingerprint density at radius 3 is 2.75 bits per heavy atom. The van der Waals surface area contributed by atoms with Gasteiger partial charge in [-0.3, -0.25) is 9.78 Å². The molecule has 0 bridgehead atoms. The van der Waals surface area contributed by atoms with Crippen LogP contribution in [0.4, 0.5) is 0 Å². The van der Waals surface area contributed by atoms with E-state index in [1.54, 1.807) is 19.2 Å². The summed E-state index contributed by atoms with van der Waals surface area (Å²) >= 11 is 3.25. The number of phenolic OH excluding ortho intramolecular Hbond substituents is 1. The van der Waals surface area contributed by atoms with Gasteiger partial charge in [0, 0.05) is 17.2 Å². The topological polar surface area (TPSA) is 53.4 Å². The number of aryl methyl sites for hydroxylation is 1. The molecular weight excluding hydrogens is 320 g/mol. The summed E-state index contributed by atoms with van der Waals surface area (Å²) in [5.74, 6) is -0.272. The Hall–Kier alpha value is -1.88. The van der Waals surface area contributed by atoms with Crippen LogP contribution in [0.3, 0.4) is 0 Å². The standard InChI is InChI=1S/C15H15BrN2O2/c1-10-4-3-5-12(17-10)9-18(2)15(20)13-7-6-11(16)8-14(13)19/h3-8,19H,9H2,1-2H3. The van der Waals surface area contributed by atoms with Crippen molar-refractivity contribution in [2.75, 3.05) is 7.05 Å². The molecule has 1 aromatic carbocycles. The van der Waals surface area contributed by atoms with E-state index in [1.165, 1.54) is 11.0 Å². The summed E-state index contributed by atoms with van der Waals surface area (Å²) in [5, 5.41) is 9.83. The number of aromatic hydroxyl groups is 1. The lowest BCUT2D eigenvalue weighted by molar-refractivity contribution is 0.0780. The van der Waals surface area contributed by atoms with E-state index >= 15 is 0 Å². The highest BCUT2D eigenvalue weighted by Crippen LogP contribution is 2.23. The first-order valence-electron chi connectivity index (χ1n) is 6.14. The second kappa shape index (κ2) is 6.05. The van der Waals surface area contributed by atoms with Crippen molar-refractivity contribution in [2.45, 2.75) is 13.5 Å². The zero-order valence-corrected chi connectivity index (χ0v) is 12.9. The lowest BCUT2D eigenvalue weighted by atomic mass is 10.1. The summed E-state index contributed by atoms with van der Waals surface area (Å²) in [7, 11) is 1.69. The van der Waals surface area contributed by atoms with Crippen LogP contribution in [-0.2, 0) is 6.54 Å². The van der Waals surface area contributed by atoms with Crippen molar-refractivity contribution in [3.05, 3.63) is 57.8 Å². The minimum atomic E-state index is -0.238. The number of rotatable bonds is 3. The fourth-order valence-electron chi connectivity index (χ4n) is 1.89. The summed E-state index contributed by atoms with van der Waals surface area (Å²) in [6, 6.07) is 10.5. The summed E-state index contributed by atoms with van der Waals surface area (Å²) in [5.41, 5.74) is 2.01. The molecule has 0 unspecified atom stereocenters. The van der Waals surface area contributed by atoms with Crippen molar-refractivity contribution in [2.24, 2.45) is 0 Å². The maximum atomic E-state index is 12.3. The van der Waals surface area contributed by atoms with E-state index in [2.05, 4.69) is 20.9 Å². The van der Waals surface area contributed by atoms with Crippen LogP contribution in [0.15, 0.2) is 40.9 Å². The molecule has 1 N–H and O–H groups in total. The predicted molar refractivity (Wildman–Crippen MR) is 80.6 cm³/mol. The third kappa shape index (κ3) is 3.36. The molecule has 104 valence electrons. The number of halogens is 1. The van der Waals surface area contributed by atoms with Crippen LogP contribution in [0.2, 0.25) is 0 Å². The van der Waals surface area contributed by atoms with E-state index < -0.39 is 0 Å². The molecule has 2 aromatic rings. The van der Waals surface area contributed by atoms with Gasteiger partial charge in [-0.25, -0.2) is 0 Å². The molecule has 1 aromatic heterocycles. The second-order valence-corrected chi connectivity index (χ2v) is 5.51. The van der Waals surface area contributed by atoms with Gasteiger partial charge in [0.1, 0.15) is 5.75 Å². The van der Waals surface area contributed by atoms with Crippen LogP contribution in [-0.4, -0.2) is 27.9 Å². The van der Waals surface area contributed by atoms with Gasteiger partial charge in [0.05, 0.1) is 17.8 Å². The highest BCUT2D eigenvalue weighted by atomic mass is 79.9. The normalized spacial score (nSPS) is 10.3. The maximum absolute atomic E-state index is 12.3. The number of hydrogen-bond donors (Lipinski definition) is 1. The number of carbonyl (C=O) groups is 1. The van der Waals surface area contributed by atoms with E-state index in [0.29, 0.717) is 6.54 Å². The van der Waals surface area contributed by atoms with Gasteiger partial charge < -0.3 is 10.0 Å². The van der Waals surface area contributed by atoms with Crippen LogP contribution in [0, 0.1) is 6.92 Å². The average molecular weight is 335 g/mol. The quantitative estimate of drug-likeness (QED) is 0.938. The summed E-state index contributed by atoms with van der Waals surface area (Å²) in [6.45, 7) is 2.31. The molecule has 0 saturated heterocycles. The molecule has 0 aliphatic carbocycles. The first kappa shape index (κ1) is 14.5. The van der Waals surface area contributed by atoms with E-state index in [-0.39, 0.29) is 17.2 Å². The largest absolute Gasteiger partial charge is 0.507 e. The molecule has 0 atom stereocenters. The highest BCUT2D eigenvalue weighted by Gasteiger charge is 2.16. The fourth-order valence-corrected chi connectivity index (χ4v) is 2.24. The van der Waals surface area contributed by atoms with Gasteiger partial charge in [-0.05, 0) is 37.3 Å². The fraction of sp³-hybridized carbons (Fsp3) is 0.200. The van der Waals surface area contributed by atoms with Crippen LogP contribution >= 0.6 is 15.9 Å². The molecule has 5 heteroatoms. The minimum Gasteiger partial charge on any atom is -0.507 e. The Morgan fingerprint density at radius 1 is 1.35 bits per heavy atom. The molecular formula is C15H15BrN2O2. The molecule has 0 aliphatic rings. The molecule has 4 nitrogen and oxygen atoms in total.